The monoisotopic (exact) mass is 443 g/mol. The lowest BCUT2D eigenvalue weighted by Crippen LogP contribution is -2.19. The summed E-state index contributed by atoms with van der Waals surface area (Å²) in [5, 5.41) is 0. The molecule has 1 unspecified atom stereocenters. The van der Waals surface area contributed by atoms with Crippen molar-refractivity contribution in [1.82, 2.24) is 4.98 Å². The van der Waals surface area contributed by atoms with E-state index in [0.717, 1.165) is 56.4 Å². The molecule has 0 amide bonds. The first kappa shape index (κ1) is 22.4. The Balaban J connectivity index is 1.31. The number of rotatable bonds is 9. The van der Waals surface area contributed by atoms with E-state index in [1.165, 1.54) is 12.2 Å². The van der Waals surface area contributed by atoms with E-state index in [1.54, 1.807) is 7.11 Å². The average Bonchev–Trinajstić information content (AvgIpc) is 3.61. The van der Waals surface area contributed by atoms with Crippen LogP contribution < -0.4 is 9.47 Å². The molecule has 168 valence electrons. The molecule has 2 fully saturated rings. The van der Waals surface area contributed by atoms with Crippen molar-refractivity contribution in [3.05, 3.63) is 53.7 Å². The van der Waals surface area contributed by atoms with Gasteiger partial charge >= 0.3 is 0 Å². The third-order valence-electron chi connectivity index (χ3n) is 6.78. The fraction of sp³-hybridized carbons (Fsp3) is 0.560. The Morgan fingerprint density at radius 3 is 2.58 bits per heavy atom. The van der Waals surface area contributed by atoms with E-state index in [-0.39, 0.29) is 5.92 Å². The van der Waals surface area contributed by atoms with Gasteiger partial charge in [0.05, 0.1) is 13.7 Å². The molecular weight excluding hydrogens is 409 g/mol. The molecule has 2 aliphatic rings. The minimum absolute atomic E-state index is 0.164. The van der Waals surface area contributed by atoms with Crippen LogP contribution >= 0.6 is 7.37 Å². The number of methoxy groups -OCH3 is 1. The summed E-state index contributed by atoms with van der Waals surface area (Å²) < 4.78 is 23.5. The Bertz CT molecular complexity index is 915. The van der Waals surface area contributed by atoms with Crippen LogP contribution in [0.3, 0.4) is 0 Å². The number of ether oxygens (including phenoxy) is 2. The van der Waals surface area contributed by atoms with Gasteiger partial charge in [-0.25, -0.2) is 4.98 Å². The second kappa shape index (κ2) is 9.75. The van der Waals surface area contributed by atoms with Crippen LogP contribution in [0, 0.1) is 11.8 Å². The Morgan fingerprint density at radius 2 is 1.90 bits per heavy atom. The van der Waals surface area contributed by atoms with Gasteiger partial charge in [-0.3, -0.25) is 4.57 Å². The predicted octanol–water partition coefficient (Wildman–Crippen LogP) is 5.84. The highest BCUT2D eigenvalue weighted by Gasteiger charge is 2.35. The molecule has 1 aromatic carbocycles. The summed E-state index contributed by atoms with van der Waals surface area (Å²) in [6.45, 7) is 2.21. The molecule has 0 aliphatic heterocycles. The summed E-state index contributed by atoms with van der Waals surface area (Å²) >= 11 is 0. The van der Waals surface area contributed by atoms with Gasteiger partial charge in [-0.05, 0) is 91.5 Å². The van der Waals surface area contributed by atoms with Crippen molar-refractivity contribution in [3.63, 3.8) is 0 Å². The number of aromatic nitrogens is 1. The van der Waals surface area contributed by atoms with Crippen molar-refractivity contribution in [2.45, 2.75) is 50.4 Å². The van der Waals surface area contributed by atoms with Crippen LogP contribution in [-0.4, -0.2) is 36.4 Å². The van der Waals surface area contributed by atoms with Crippen molar-refractivity contribution in [1.29, 1.82) is 0 Å². The molecule has 2 atom stereocenters. The third kappa shape index (κ3) is 6.33. The summed E-state index contributed by atoms with van der Waals surface area (Å²) in [6.07, 6.45) is 9.14. The van der Waals surface area contributed by atoms with E-state index in [2.05, 4.69) is 29.2 Å². The quantitative estimate of drug-likeness (QED) is 0.493. The third-order valence-corrected chi connectivity index (χ3v) is 7.86. The van der Waals surface area contributed by atoms with Crippen LogP contribution in [0.25, 0.3) is 0 Å². The first-order valence-corrected chi connectivity index (χ1v) is 13.7. The summed E-state index contributed by atoms with van der Waals surface area (Å²) in [6, 6.07) is 12.4. The molecule has 0 saturated heterocycles. The van der Waals surface area contributed by atoms with E-state index in [1.807, 2.05) is 18.3 Å². The maximum atomic E-state index is 12.0. The standard InChI is InChI=1S/C25H34NO4P/c1-29-25-15-21(12-13-26-25)19-8-6-18(7-9-19)16-30-23-5-3-4-22(14-23)24(20-10-11-20)17-31(2,27)28/h3-5,12-15,18-20,24H,6-11,16-17H2,1-2H3,(H,27,28)/t18-,19-,24-/m0/s1. The molecule has 0 spiro atoms. The normalized spacial score (nSPS) is 24.2. The molecule has 0 bridgehead atoms. The molecule has 2 aromatic rings. The maximum absolute atomic E-state index is 12.0. The van der Waals surface area contributed by atoms with E-state index in [9.17, 15) is 9.46 Å². The number of hydrogen-bond acceptors (Lipinski definition) is 4. The van der Waals surface area contributed by atoms with E-state index in [0.29, 0.717) is 29.8 Å². The van der Waals surface area contributed by atoms with Gasteiger partial charge in [0.2, 0.25) is 5.88 Å². The SMILES string of the molecule is COc1cc([C@H]2CC[C@H](COc3cccc([C@@H](CP(C)(=O)O)C4CC4)c3)CC2)ccn1. The largest absolute Gasteiger partial charge is 0.493 e. The van der Waals surface area contributed by atoms with Crippen molar-refractivity contribution in [2.24, 2.45) is 11.8 Å². The van der Waals surface area contributed by atoms with Crippen LogP contribution in [0.4, 0.5) is 0 Å². The van der Waals surface area contributed by atoms with Crippen molar-refractivity contribution >= 4 is 7.37 Å². The molecule has 2 saturated carbocycles. The fourth-order valence-corrected chi connectivity index (χ4v) is 6.13. The van der Waals surface area contributed by atoms with Gasteiger partial charge in [0.1, 0.15) is 5.75 Å². The second-order valence-corrected chi connectivity index (χ2v) is 11.9. The number of nitrogens with zero attached hydrogens (tertiary/aromatic N) is 1. The first-order chi connectivity index (χ1) is 14.9. The Hall–Kier alpha value is -1.84. The molecule has 1 aromatic heterocycles. The van der Waals surface area contributed by atoms with Crippen molar-refractivity contribution in [2.75, 3.05) is 26.5 Å². The van der Waals surface area contributed by atoms with Crippen LogP contribution in [0.15, 0.2) is 42.6 Å². The molecule has 5 nitrogen and oxygen atoms in total. The zero-order chi connectivity index (χ0) is 21.8. The molecule has 0 radical (unpaired) electrons. The van der Waals surface area contributed by atoms with Gasteiger partial charge in [0.25, 0.3) is 0 Å². The summed E-state index contributed by atoms with van der Waals surface area (Å²) in [5.74, 6) is 3.41. The molecule has 1 N–H and O–H groups in total. The van der Waals surface area contributed by atoms with Crippen LogP contribution in [0.1, 0.15) is 61.5 Å². The summed E-state index contributed by atoms with van der Waals surface area (Å²) in [4.78, 5) is 14.1. The van der Waals surface area contributed by atoms with Crippen molar-refractivity contribution < 1.29 is 18.9 Å². The fourth-order valence-electron chi connectivity index (χ4n) is 4.89. The van der Waals surface area contributed by atoms with Gasteiger partial charge in [-0.1, -0.05) is 12.1 Å². The maximum Gasteiger partial charge on any atom is 0.213 e. The lowest BCUT2D eigenvalue weighted by molar-refractivity contribution is 0.199. The Kier molecular flexibility index (Phi) is 7.03. The highest BCUT2D eigenvalue weighted by Crippen LogP contribution is 2.50. The molecular formula is C25H34NO4P. The topological polar surface area (TPSA) is 68.7 Å². The highest BCUT2D eigenvalue weighted by molar-refractivity contribution is 7.57. The van der Waals surface area contributed by atoms with Crippen LogP contribution in [-0.2, 0) is 4.57 Å². The number of benzene rings is 1. The molecule has 2 aliphatic carbocycles. The Labute approximate surface area is 185 Å². The highest BCUT2D eigenvalue weighted by atomic mass is 31.2. The zero-order valence-corrected chi connectivity index (χ0v) is 19.5. The minimum Gasteiger partial charge on any atom is -0.493 e. The molecule has 31 heavy (non-hydrogen) atoms. The van der Waals surface area contributed by atoms with Crippen LogP contribution in [0.5, 0.6) is 11.6 Å². The zero-order valence-electron chi connectivity index (χ0n) is 18.6. The predicted molar refractivity (Wildman–Crippen MR) is 124 cm³/mol. The minimum atomic E-state index is -3.04. The van der Waals surface area contributed by atoms with E-state index < -0.39 is 7.37 Å². The first-order valence-electron chi connectivity index (χ1n) is 11.4. The van der Waals surface area contributed by atoms with Gasteiger partial charge in [-0.2, -0.15) is 0 Å². The van der Waals surface area contributed by atoms with Crippen LogP contribution in [0.2, 0.25) is 0 Å². The number of hydrogen-bond donors (Lipinski definition) is 1. The molecule has 6 heteroatoms. The average molecular weight is 444 g/mol. The van der Waals surface area contributed by atoms with E-state index >= 15 is 0 Å². The molecule has 4 rings (SSSR count). The smallest absolute Gasteiger partial charge is 0.213 e. The van der Waals surface area contributed by atoms with E-state index in [4.69, 9.17) is 9.47 Å². The van der Waals surface area contributed by atoms with Crippen molar-refractivity contribution in [3.8, 4) is 11.6 Å². The molecule has 1 heterocycles. The van der Waals surface area contributed by atoms with Gasteiger partial charge in [0, 0.05) is 25.1 Å². The lowest BCUT2D eigenvalue weighted by Gasteiger charge is -2.29. The second-order valence-electron chi connectivity index (χ2n) is 9.41. The number of pyridine rings is 1. The lowest BCUT2D eigenvalue weighted by atomic mass is 9.79. The Morgan fingerprint density at radius 1 is 1.13 bits per heavy atom. The van der Waals surface area contributed by atoms with Gasteiger partial charge < -0.3 is 14.4 Å². The summed E-state index contributed by atoms with van der Waals surface area (Å²) in [7, 11) is -1.38. The van der Waals surface area contributed by atoms with Gasteiger partial charge in [0.15, 0.2) is 7.37 Å². The van der Waals surface area contributed by atoms with Gasteiger partial charge in [-0.15, -0.1) is 0 Å². The summed E-state index contributed by atoms with van der Waals surface area (Å²) in [5.41, 5.74) is 2.47.